The Morgan fingerprint density at radius 2 is 1.59 bits per heavy atom. The molecule has 0 aliphatic rings. The largest absolute Gasteiger partial charge is 0.417 e. The summed E-state index contributed by atoms with van der Waals surface area (Å²) in [7, 11) is -4.06. The van der Waals surface area contributed by atoms with Crippen LogP contribution in [0.2, 0.25) is 0 Å². The molecular formula is C23H19BrF3N3O3S. The van der Waals surface area contributed by atoms with E-state index in [1.165, 1.54) is 30.3 Å². The Bertz CT molecular complexity index is 1270. The number of sulfonamides is 1. The molecule has 0 saturated heterocycles. The van der Waals surface area contributed by atoms with Crippen LogP contribution >= 0.6 is 15.9 Å². The van der Waals surface area contributed by atoms with Crippen LogP contribution in [0, 0.1) is 0 Å². The van der Waals surface area contributed by atoms with E-state index in [2.05, 4.69) is 26.5 Å². The number of rotatable bonds is 8. The molecule has 3 aromatic rings. The van der Waals surface area contributed by atoms with Gasteiger partial charge in [0, 0.05) is 16.6 Å². The third-order valence-corrected chi connectivity index (χ3v) is 6.97. The summed E-state index contributed by atoms with van der Waals surface area (Å²) in [6.45, 7) is -0.682. The Morgan fingerprint density at radius 3 is 2.24 bits per heavy atom. The normalized spacial score (nSPS) is 12.3. The quantitative estimate of drug-likeness (QED) is 0.321. The van der Waals surface area contributed by atoms with E-state index in [0.29, 0.717) is 10.0 Å². The highest BCUT2D eigenvalue weighted by Crippen LogP contribution is 2.31. The summed E-state index contributed by atoms with van der Waals surface area (Å²) < 4.78 is 67.4. The highest BCUT2D eigenvalue weighted by Gasteiger charge is 2.32. The number of amides is 1. The zero-order chi connectivity index (χ0) is 24.8. The molecule has 0 aliphatic heterocycles. The highest BCUT2D eigenvalue weighted by atomic mass is 79.9. The molecule has 0 unspecified atom stereocenters. The number of carbonyl (C=O) groups is 1. The number of hydrazone groups is 1. The molecule has 0 aromatic heterocycles. The molecule has 6 nitrogen and oxygen atoms in total. The van der Waals surface area contributed by atoms with E-state index >= 15 is 0 Å². The molecule has 0 bridgehead atoms. The van der Waals surface area contributed by atoms with Crippen molar-refractivity contribution in [3.05, 3.63) is 100 Å². The van der Waals surface area contributed by atoms with E-state index in [1.807, 2.05) is 0 Å². The van der Waals surface area contributed by atoms with Gasteiger partial charge in [0.15, 0.2) is 0 Å². The van der Waals surface area contributed by atoms with Gasteiger partial charge in [0.25, 0.3) is 5.91 Å². The third-order valence-electron chi connectivity index (χ3n) is 4.63. The Balaban J connectivity index is 1.79. The second-order valence-electron chi connectivity index (χ2n) is 7.09. The number of nitrogens with one attached hydrogen (secondary N) is 1. The van der Waals surface area contributed by atoms with Gasteiger partial charge in [-0.15, -0.1) is 0 Å². The number of carbonyl (C=O) groups excluding carboxylic acids is 1. The Labute approximate surface area is 203 Å². The fraction of sp³-hybridized carbons (Fsp3) is 0.130. The van der Waals surface area contributed by atoms with Crippen molar-refractivity contribution in [1.82, 2.24) is 9.73 Å². The number of alkyl halides is 3. The minimum Gasteiger partial charge on any atom is -0.272 e. The van der Waals surface area contributed by atoms with E-state index in [0.717, 1.165) is 16.6 Å². The van der Waals surface area contributed by atoms with Crippen LogP contribution in [0.25, 0.3) is 0 Å². The summed E-state index contributed by atoms with van der Waals surface area (Å²) in [5.41, 5.74) is 1.62. The lowest BCUT2D eigenvalue weighted by Gasteiger charge is -2.21. The van der Waals surface area contributed by atoms with Crippen LogP contribution in [-0.4, -0.2) is 31.4 Å². The predicted molar refractivity (Wildman–Crippen MR) is 125 cm³/mol. The van der Waals surface area contributed by atoms with Crippen LogP contribution in [0.3, 0.4) is 0 Å². The van der Waals surface area contributed by atoms with Crippen molar-refractivity contribution in [2.75, 3.05) is 6.54 Å². The Hall–Kier alpha value is -3.02. The minimum atomic E-state index is -4.59. The van der Waals surface area contributed by atoms with Gasteiger partial charge in [-0.25, -0.2) is 13.8 Å². The van der Waals surface area contributed by atoms with E-state index in [1.54, 1.807) is 42.5 Å². The molecule has 1 amide bonds. The zero-order valence-electron chi connectivity index (χ0n) is 17.5. The van der Waals surface area contributed by atoms with Crippen molar-refractivity contribution in [2.45, 2.75) is 17.6 Å². The smallest absolute Gasteiger partial charge is 0.272 e. The molecule has 0 spiro atoms. The number of benzene rings is 3. The maximum Gasteiger partial charge on any atom is 0.417 e. The Morgan fingerprint density at radius 1 is 0.971 bits per heavy atom. The third kappa shape index (κ3) is 6.75. The van der Waals surface area contributed by atoms with Gasteiger partial charge in [0.2, 0.25) is 10.0 Å². The van der Waals surface area contributed by atoms with Gasteiger partial charge in [-0.3, -0.25) is 4.79 Å². The summed E-state index contributed by atoms with van der Waals surface area (Å²) in [6.07, 6.45) is -3.72. The molecule has 3 aromatic carbocycles. The van der Waals surface area contributed by atoms with E-state index in [-0.39, 0.29) is 17.0 Å². The van der Waals surface area contributed by atoms with Gasteiger partial charge in [-0.1, -0.05) is 64.5 Å². The van der Waals surface area contributed by atoms with Crippen molar-refractivity contribution < 1.29 is 26.4 Å². The van der Waals surface area contributed by atoms with Crippen LogP contribution in [0.1, 0.15) is 16.7 Å². The second kappa shape index (κ2) is 10.9. The maximum atomic E-state index is 13.2. The molecule has 0 fully saturated rings. The van der Waals surface area contributed by atoms with Gasteiger partial charge in [0.1, 0.15) is 0 Å². The number of hydrogen-bond donors (Lipinski definition) is 1. The molecule has 0 aliphatic carbocycles. The number of hydrogen-bond acceptors (Lipinski definition) is 4. The first kappa shape index (κ1) is 25.6. The first-order valence-corrected chi connectivity index (χ1v) is 12.1. The summed E-state index contributed by atoms with van der Waals surface area (Å²) >= 11 is 3.25. The average molecular weight is 554 g/mol. The average Bonchev–Trinajstić information content (AvgIpc) is 2.79. The van der Waals surface area contributed by atoms with Gasteiger partial charge in [-0.05, 0) is 35.9 Å². The SMILES string of the molecule is O=C(CN(Cc1ccccc1)S(=O)(=O)c1ccc(Br)cc1)N/N=C\c1ccccc1C(F)(F)F. The van der Waals surface area contributed by atoms with Crippen molar-refractivity contribution in [1.29, 1.82) is 0 Å². The standard InChI is InChI=1S/C23H19BrF3N3O3S/c24-19-10-12-20(13-11-19)34(32,33)30(15-17-6-2-1-3-7-17)16-22(31)29-28-14-18-8-4-5-9-21(18)23(25,26)27/h1-14H,15-16H2,(H,29,31)/b28-14-. The van der Waals surface area contributed by atoms with Crippen molar-refractivity contribution in [3.63, 3.8) is 0 Å². The van der Waals surface area contributed by atoms with Crippen LogP contribution in [0.5, 0.6) is 0 Å². The molecule has 3 rings (SSSR count). The molecule has 11 heteroatoms. The van der Waals surface area contributed by atoms with Crippen molar-refractivity contribution in [3.8, 4) is 0 Å². The molecule has 1 N–H and O–H groups in total. The van der Waals surface area contributed by atoms with Crippen LogP contribution in [0.4, 0.5) is 13.2 Å². The predicted octanol–water partition coefficient (Wildman–Crippen LogP) is 4.81. The van der Waals surface area contributed by atoms with E-state index in [4.69, 9.17) is 0 Å². The van der Waals surface area contributed by atoms with Crippen LogP contribution < -0.4 is 5.43 Å². The molecule has 0 radical (unpaired) electrons. The molecule has 0 atom stereocenters. The summed E-state index contributed by atoms with van der Waals surface area (Å²) in [5, 5.41) is 3.59. The lowest BCUT2D eigenvalue weighted by atomic mass is 10.1. The van der Waals surface area contributed by atoms with Crippen LogP contribution in [-0.2, 0) is 27.5 Å². The summed E-state index contributed by atoms with van der Waals surface area (Å²) in [4.78, 5) is 12.5. The molecule has 0 heterocycles. The monoisotopic (exact) mass is 553 g/mol. The molecular weight excluding hydrogens is 535 g/mol. The number of nitrogens with zero attached hydrogens (tertiary/aromatic N) is 2. The highest BCUT2D eigenvalue weighted by molar-refractivity contribution is 9.10. The van der Waals surface area contributed by atoms with Crippen LogP contribution in [0.15, 0.2) is 93.3 Å². The zero-order valence-corrected chi connectivity index (χ0v) is 19.9. The lowest BCUT2D eigenvalue weighted by Crippen LogP contribution is -2.39. The van der Waals surface area contributed by atoms with Crippen molar-refractivity contribution in [2.24, 2.45) is 5.10 Å². The fourth-order valence-electron chi connectivity index (χ4n) is 3.01. The number of halogens is 4. The first-order valence-electron chi connectivity index (χ1n) is 9.85. The fourth-order valence-corrected chi connectivity index (χ4v) is 4.65. The molecule has 178 valence electrons. The molecule has 34 heavy (non-hydrogen) atoms. The summed E-state index contributed by atoms with van der Waals surface area (Å²) in [6, 6.07) is 19.4. The topological polar surface area (TPSA) is 78.8 Å². The van der Waals surface area contributed by atoms with Gasteiger partial charge < -0.3 is 0 Å². The van der Waals surface area contributed by atoms with E-state index in [9.17, 15) is 26.4 Å². The van der Waals surface area contributed by atoms with E-state index < -0.39 is 34.2 Å². The van der Waals surface area contributed by atoms with Gasteiger partial charge in [0.05, 0.1) is 23.2 Å². The first-order chi connectivity index (χ1) is 16.1. The van der Waals surface area contributed by atoms with Gasteiger partial charge in [-0.2, -0.15) is 22.6 Å². The summed E-state index contributed by atoms with van der Waals surface area (Å²) in [5.74, 6) is -0.808. The second-order valence-corrected chi connectivity index (χ2v) is 9.94. The van der Waals surface area contributed by atoms with Crippen molar-refractivity contribution >= 4 is 38.1 Å². The maximum absolute atomic E-state index is 13.2. The van der Waals surface area contributed by atoms with Gasteiger partial charge >= 0.3 is 6.18 Å². The lowest BCUT2D eigenvalue weighted by molar-refractivity contribution is -0.137. The minimum absolute atomic E-state index is 0.0120. The Kier molecular flexibility index (Phi) is 8.24. The molecule has 0 saturated carbocycles.